The van der Waals surface area contributed by atoms with Crippen LogP contribution in [0, 0.1) is 0 Å². The molecule has 4 nitrogen and oxygen atoms in total. The van der Waals surface area contributed by atoms with Crippen molar-refractivity contribution in [2.24, 2.45) is 0 Å². The van der Waals surface area contributed by atoms with Crippen LogP contribution in [0.5, 0.6) is 5.75 Å². The molecule has 1 aromatic rings. The van der Waals surface area contributed by atoms with Crippen molar-refractivity contribution in [3.05, 3.63) is 28.3 Å². The van der Waals surface area contributed by atoms with Crippen LogP contribution in [0.1, 0.15) is 43.2 Å². The van der Waals surface area contributed by atoms with E-state index in [1.54, 1.807) is 12.1 Å². The van der Waals surface area contributed by atoms with Crippen molar-refractivity contribution in [1.82, 2.24) is 0 Å². The summed E-state index contributed by atoms with van der Waals surface area (Å²) in [6, 6.07) is 3.54. The van der Waals surface area contributed by atoms with Crippen LogP contribution in [0.2, 0.25) is 5.02 Å². The van der Waals surface area contributed by atoms with Gasteiger partial charge in [-0.15, -0.1) is 0 Å². The molecule has 5 heteroatoms. The molecule has 0 atom stereocenters. The van der Waals surface area contributed by atoms with E-state index in [0.29, 0.717) is 30.2 Å². The molecule has 0 bridgehead atoms. The molecule has 1 fully saturated rings. The van der Waals surface area contributed by atoms with Gasteiger partial charge in [0.1, 0.15) is 5.75 Å². The van der Waals surface area contributed by atoms with Crippen LogP contribution in [0.25, 0.3) is 0 Å². The Morgan fingerprint density at radius 2 is 2.00 bits per heavy atom. The minimum atomic E-state index is -0.870. The summed E-state index contributed by atoms with van der Waals surface area (Å²) in [4.78, 5) is 11.9. The van der Waals surface area contributed by atoms with Gasteiger partial charge in [0.15, 0.2) is 6.79 Å². The predicted octanol–water partition coefficient (Wildman–Crippen LogP) is 3.49. The fourth-order valence-corrected chi connectivity index (χ4v) is 3.53. The minimum absolute atomic E-state index is 0.164. The lowest BCUT2D eigenvalue weighted by Crippen LogP contribution is -2.38. The van der Waals surface area contributed by atoms with Gasteiger partial charge in [0, 0.05) is 16.1 Å². The molecule has 0 aromatic heterocycles. The third kappa shape index (κ3) is 2.17. The fourth-order valence-electron chi connectivity index (χ4n) is 3.29. The zero-order chi connectivity index (χ0) is 14.2. The van der Waals surface area contributed by atoms with E-state index in [4.69, 9.17) is 21.1 Å². The molecule has 1 aliphatic heterocycles. The van der Waals surface area contributed by atoms with E-state index in [1.807, 2.05) is 0 Å². The molecule has 1 heterocycles. The van der Waals surface area contributed by atoms with Gasteiger partial charge < -0.3 is 14.6 Å². The van der Waals surface area contributed by atoms with Gasteiger partial charge in [0.05, 0.1) is 12.0 Å². The molecule has 108 valence electrons. The highest BCUT2D eigenvalue weighted by atomic mass is 35.5. The third-order valence-corrected chi connectivity index (χ3v) is 4.53. The minimum Gasteiger partial charge on any atom is -0.481 e. The Balaban J connectivity index is 2.15. The first kappa shape index (κ1) is 13.7. The van der Waals surface area contributed by atoms with Crippen LogP contribution in [-0.2, 0) is 21.6 Å². The van der Waals surface area contributed by atoms with Crippen LogP contribution in [0.3, 0.4) is 0 Å². The van der Waals surface area contributed by atoms with Gasteiger partial charge in [-0.1, -0.05) is 30.9 Å². The van der Waals surface area contributed by atoms with E-state index in [9.17, 15) is 9.90 Å². The maximum absolute atomic E-state index is 11.9. The highest BCUT2D eigenvalue weighted by Crippen LogP contribution is 2.46. The number of hydrogen-bond donors (Lipinski definition) is 1. The molecule has 1 aromatic carbocycles. The van der Waals surface area contributed by atoms with Crippen molar-refractivity contribution >= 4 is 17.6 Å². The third-order valence-electron chi connectivity index (χ3n) is 4.31. The number of carboxylic acids is 1. The Bertz CT molecular complexity index is 535. The fraction of sp³-hybridized carbons (Fsp3) is 0.533. The second-order valence-corrected chi connectivity index (χ2v) is 5.94. The lowest BCUT2D eigenvalue weighted by molar-refractivity contribution is -0.145. The number of rotatable bonds is 2. The lowest BCUT2D eigenvalue weighted by Gasteiger charge is -2.36. The molecule has 0 amide bonds. The number of ether oxygens (including phenoxy) is 2. The number of carboxylic acid groups (broad SMARTS) is 1. The summed E-state index contributed by atoms with van der Waals surface area (Å²) in [6.45, 7) is 0.579. The van der Waals surface area contributed by atoms with E-state index in [1.165, 1.54) is 0 Å². The van der Waals surface area contributed by atoms with Gasteiger partial charge in [-0.2, -0.15) is 0 Å². The number of carbonyl (C=O) groups is 1. The largest absolute Gasteiger partial charge is 0.481 e. The molecule has 0 saturated heterocycles. The number of benzene rings is 1. The molecule has 1 aliphatic carbocycles. The molecule has 0 spiro atoms. The Morgan fingerprint density at radius 3 is 2.70 bits per heavy atom. The lowest BCUT2D eigenvalue weighted by atomic mass is 9.69. The molecular weight excluding hydrogens is 280 g/mol. The zero-order valence-electron chi connectivity index (χ0n) is 11.2. The molecular formula is C15H17ClO4. The van der Waals surface area contributed by atoms with E-state index in [0.717, 1.165) is 30.4 Å². The monoisotopic (exact) mass is 296 g/mol. The first-order valence-electron chi connectivity index (χ1n) is 6.90. The molecule has 0 radical (unpaired) electrons. The highest BCUT2D eigenvalue weighted by molar-refractivity contribution is 6.30. The van der Waals surface area contributed by atoms with Crippen LogP contribution < -0.4 is 4.74 Å². The molecule has 20 heavy (non-hydrogen) atoms. The second kappa shape index (κ2) is 5.26. The molecule has 2 aliphatic rings. The van der Waals surface area contributed by atoms with Crippen molar-refractivity contribution in [3.63, 3.8) is 0 Å². The number of hydrogen-bond acceptors (Lipinski definition) is 3. The second-order valence-electron chi connectivity index (χ2n) is 5.50. The summed E-state index contributed by atoms with van der Waals surface area (Å²) < 4.78 is 10.9. The number of fused-ring (bicyclic) bond motifs is 1. The van der Waals surface area contributed by atoms with Gasteiger partial charge in [0.25, 0.3) is 0 Å². The van der Waals surface area contributed by atoms with Crippen molar-refractivity contribution < 1.29 is 19.4 Å². The SMILES string of the molecule is O=C(O)C1(c2cc(Cl)cc3c2OCOC3)CCCCC1. The summed E-state index contributed by atoms with van der Waals surface area (Å²) >= 11 is 6.16. The Hall–Kier alpha value is -1.26. The smallest absolute Gasteiger partial charge is 0.314 e. The first-order chi connectivity index (χ1) is 9.63. The quantitative estimate of drug-likeness (QED) is 0.907. The molecule has 1 N–H and O–H groups in total. The van der Waals surface area contributed by atoms with Crippen molar-refractivity contribution in [3.8, 4) is 5.75 Å². The summed E-state index contributed by atoms with van der Waals surface area (Å²) in [5.74, 6) is -0.123. The Labute approximate surface area is 122 Å². The topological polar surface area (TPSA) is 55.8 Å². The first-order valence-corrected chi connectivity index (χ1v) is 7.28. The summed E-state index contributed by atoms with van der Waals surface area (Å²) in [7, 11) is 0. The average Bonchev–Trinajstić information content (AvgIpc) is 2.47. The zero-order valence-corrected chi connectivity index (χ0v) is 11.9. The normalized spacial score (nSPS) is 20.9. The summed E-state index contributed by atoms with van der Waals surface area (Å²) in [5.41, 5.74) is 0.686. The maximum atomic E-state index is 11.9. The maximum Gasteiger partial charge on any atom is 0.314 e. The van der Waals surface area contributed by atoms with Gasteiger partial charge in [-0.25, -0.2) is 0 Å². The van der Waals surface area contributed by atoms with E-state index < -0.39 is 11.4 Å². The van der Waals surface area contributed by atoms with Crippen LogP contribution in [0.15, 0.2) is 12.1 Å². The van der Waals surface area contributed by atoms with Crippen LogP contribution in [0.4, 0.5) is 0 Å². The van der Waals surface area contributed by atoms with Crippen LogP contribution >= 0.6 is 11.6 Å². The Kier molecular flexibility index (Phi) is 3.61. The van der Waals surface area contributed by atoms with E-state index in [2.05, 4.69) is 0 Å². The summed E-state index contributed by atoms with van der Waals surface area (Å²) in [6.07, 6.45) is 4.20. The standard InChI is InChI=1S/C15H17ClO4/c16-11-6-10-8-19-9-20-13(10)12(7-11)15(14(17)18)4-2-1-3-5-15/h6-7H,1-5,8-9H2,(H,17,18). The van der Waals surface area contributed by atoms with Crippen molar-refractivity contribution in [1.29, 1.82) is 0 Å². The van der Waals surface area contributed by atoms with Gasteiger partial charge in [-0.3, -0.25) is 4.79 Å². The van der Waals surface area contributed by atoms with Gasteiger partial charge >= 0.3 is 5.97 Å². The average molecular weight is 297 g/mol. The molecule has 3 rings (SSSR count). The molecule has 0 unspecified atom stereocenters. The van der Waals surface area contributed by atoms with E-state index >= 15 is 0 Å². The highest BCUT2D eigenvalue weighted by Gasteiger charge is 2.44. The van der Waals surface area contributed by atoms with Gasteiger partial charge in [0.2, 0.25) is 0 Å². The number of halogens is 1. The van der Waals surface area contributed by atoms with E-state index in [-0.39, 0.29) is 6.79 Å². The van der Waals surface area contributed by atoms with Crippen molar-refractivity contribution in [2.45, 2.75) is 44.1 Å². The van der Waals surface area contributed by atoms with Crippen LogP contribution in [-0.4, -0.2) is 17.9 Å². The summed E-state index contributed by atoms with van der Waals surface area (Å²) in [5, 5.41) is 10.3. The van der Waals surface area contributed by atoms with Crippen molar-refractivity contribution in [2.75, 3.05) is 6.79 Å². The molecule has 1 saturated carbocycles. The number of aliphatic carboxylic acids is 1. The Morgan fingerprint density at radius 1 is 1.25 bits per heavy atom. The predicted molar refractivity (Wildman–Crippen MR) is 74.1 cm³/mol. The van der Waals surface area contributed by atoms with Gasteiger partial charge in [-0.05, 0) is 25.0 Å².